The Morgan fingerprint density at radius 3 is 2.82 bits per heavy atom. The van der Waals surface area contributed by atoms with Crippen molar-refractivity contribution in [2.45, 2.75) is 18.7 Å². The molecule has 0 aliphatic rings. The van der Waals surface area contributed by atoms with Crippen LogP contribution >= 0.6 is 11.8 Å². The van der Waals surface area contributed by atoms with E-state index < -0.39 is 0 Å². The summed E-state index contributed by atoms with van der Waals surface area (Å²) in [4.78, 5) is 0. The molecule has 0 spiro atoms. The number of nitrogens with one attached hydrogen (secondary N) is 1. The van der Waals surface area contributed by atoms with Crippen LogP contribution in [0, 0.1) is 0 Å². The van der Waals surface area contributed by atoms with Crippen LogP contribution in [0.1, 0.15) is 17.3 Å². The molecule has 1 N–H and O–H groups in total. The fourth-order valence-corrected chi connectivity index (χ4v) is 2.05. The molecule has 0 saturated heterocycles. The second-order valence-electron chi connectivity index (χ2n) is 3.81. The quantitative estimate of drug-likeness (QED) is 0.768. The van der Waals surface area contributed by atoms with Crippen molar-refractivity contribution in [2.75, 3.05) is 12.8 Å². The van der Waals surface area contributed by atoms with Crippen molar-refractivity contribution < 1.29 is 8.83 Å². The van der Waals surface area contributed by atoms with Crippen LogP contribution in [0.5, 0.6) is 0 Å². The molecule has 2 aromatic heterocycles. The maximum absolute atomic E-state index is 5.65. The minimum absolute atomic E-state index is 0.773. The maximum atomic E-state index is 5.65. The topological polar surface area (TPSA) is 38.3 Å². The van der Waals surface area contributed by atoms with Crippen molar-refractivity contribution in [3.63, 3.8) is 0 Å². The second kappa shape index (κ2) is 6.57. The Kier molecular flexibility index (Phi) is 4.76. The third-order valence-electron chi connectivity index (χ3n) is 2.43. The number of rotatable bonds is 7. The molecule has 0 fully saturated rings. The number of furan rings is 2. The molecule has 0 aromatic carbocycles. The van der Waals surface area contributed by atoms with Crippen LogP contribution in [0.4, 0.5) is 0 Å². The van der Waals surface area contributed by atoms with Crippen molar-refractivity contribution in [1.82, 2.24) is 5.32 Å². The first-order chi connectivity index (χ1) is 8.38. The molecular weight excluding hydrogens is 234 g/mol. The van der Waals surface area contributed by atoms with Gasteiger partial charge in [-0.3, -0.25) is 0 Å². The summed E-state index contributed by atoms with van der Waals surface area (Å²) < 4.78 is 10.9. The van der Waals surface area contributed by atoms with Crippen LogP contribution in [0.3, 0.4) is 0 Å². The van der Waals surface area contributed by atoms with Crippen molar-refractivity contribution >= 4 is 11.8 Å². The van der Waals surface area contributed by atoms with Crippen LogP contribution in [0.15, 0.2) is 39.4 Å². The van der Waals surface area contributed by atoms with Gasteiger partial charge in [-0.15, -0.1) is 0 Å². The highest BCUT2D eigenvalue weighted by molar-refractivity contribution is 7.97. The van der Waals surface area contributed by atoms with E-state index in [1.807, 2.05) is 24.3 Å². The van der Waals surface area contributed by atoms with Gasteiger partial charge in [0.2, 0.25) is 0 Å². The third kappa shape index (κ3) is 3.98. The van der Waals surface area contributed by atoms with Crippen LogP contribution in [0.25, 0.3) is 0 Å². The summed E-state index contributed by atoms with van der Waals surface area (Å²) in [5.74, 6) is 3.99. The van der Waals surface area contributed by atoms with Gasteiger partial charge >= 0.3 is 0 Å². The number of hydrogen-bond acceptors (Lipinski definition) is 4. The lowest BCUT2D eigenvalue weighted by Crippen LogP contribution is -2.15. The minimum atomic E-state index is 0.773. The summed E-state index contributed by atoms with van der Waals surface area (Å²) in [6.45, 7) is 1.67. The molecule has 0 amide bonds. The zero-order chi connectivity index (χ0) is 11.9. The van der Waals surface area contributed by atoms with E-state index in [0.717, 1.165) is 42.5 Å². The summed E-state index contributed by atoms with van der Waals surface area (Å²) in [6, 6.07) is 7.98. The first-order valence-electron chi connectivity index (χ1n) is 5.68. The van der Waals surface area contributed by atoms with Crippen LogP contribution in [-0.2, 0) is 18.7 Å². The smallest absolute Gasteiger partial charge is 0.117 e. The Morgan fingerprint density at radius 1 is 1.18 bits per heavy atom. The second-order valence-corrected chi connectivity index (χ2v) is 4.67. The SMILES string of the molecule is CSCc1ccc(CNCCc2ccco2)o1. The molecule has 0 saturated carbocycles. The molecule has 0 atom stereocenters. The van der Waals surface area contributed by atoms with Crippen molar-refractivity contribution in [3.8, 4) is 0 Å². The Morgan fingerprint density at radius 2 is 2.06 bits per heavy atom. The molecule has 17 heavy (non-hydrogen) atoms. The fraction of sp³-hybridized carbons (Fsp3) is 0.385. The van der Waals surface area contributed by atoms with E-state index >= 15 is 0 Å². The Hall–Kier alpha value is -1.13. The zero-order valence-electron chi connectivity index (χ0n) is 9.94. The largest absolute Gasteiger partial charge is 0.469 e. The van der Waals surface area contributed by atoms with E-state index in [9.17, 15) is 0 Å². The first kappa shape index (κ1) is 12.3. The molecule has 2 aromatic rings. The Labute approximate surface area is 106 Å². The maximum Gasteiger partial charge on any atom is 0.117 e. The molecule has 0 aliphatic heterocycles. The van der Waals surface area contributed by atoms with Crippen molar-refractivity contribution in [3.05, 3.63) is 47.8 Å². The van der Waals surface area contributed by atoms with Crippen LogP contribution in [0.2, 0.25) is 0 Å². The fourth-order valence-electron chi connectivity index (χ4n) is 1.62. The first-order valence-corrected chi connectivity index (χ1v) is 7.07. The summed E-state index contributed by atoms with van der Waals surface area (Å²) >= 11 is 1.77. The van der Waals surface area contributed by atoms with Gasteiger partial charge in [0.1, 0.15) is 17.3 Å². The van der Waals surface area contributed by atoms with Crippen LogP contribution in [-0.4, -0.2) is 12.8 Å². The lowest BCUT2D eigenvalue weighted by molar-refractivity contribution is 0.452. The standard InChI is InChI=1S/C13H17NO2S/c1-17-10-13-5-4-12(16-13)9-14-7-6-11-3-2-8-15-11/h2-5,8,14H,6-7,9-10H2,1H3. The average Bonchev–Trinajstić information content (AvgIpc) is 2.96. The molecule has 2 heterocycles. The molecule has 2 rings (SSSR count). The van der Waals surface area contributed by atoms with E-state index in [4.69, 9.17) is 8.83 Å². The van der Waals surface area contributed by atoms with Gasteiger partial charge in [-0.05, 0) is 30.5 Å². The minimum Gasteiger partial charge on any atom is -0.469 e. The van der Waals surface area contributed by atoms with E-state index in [1.165, 1.54) is 0 Å². The Bertz CT molecular complexity index is 422. The molecule has 3 nitrogen and oxygen atoms in total. The van der Waals surface area contributed by atoms with Gasteiger partial charge < -0.3 is 14.2 Å². The van der Waals surface area contributed by atoms with E-state index in [-0.39, 0.29) is 0 Å². The van der Waals surface area contributed by atoms with Crippen molar-refractivity contribution in [2.24, 2.45) is 0 Å². The lowest BCUT2D eigenvalue weighted by Gasteiger charge is -2.00. The highest BCUT2D eigenvalue weighted by Crippen LogP contribution is 2.13. The summed E-state index contributed by atoms with van der Waals surface area (Å²) in [7, 11) is 0. The van der Waals surface area contributed by atoms with Crippen molar-refractivity contribution in [1.29, 1.82) is 0 Å². The highest BCUT2D eigenvalue weighted by Gasteiger charge is 2.01. The zero-order valence-corrected chi connectivity index (χ0v) is 10.8. The normalized spacial score (nSPS) is 10.9. The van der Waals surface area contributed by atoms with Gasteiger partial charge in [-0.2, -0.15) is 11.8 Å². The molecule has 4 heteroatoms. The van der Waals surface area contributed by atoms with Gasteiger partial charge in [0.15, 0.2) is 0 Å². The van der Waals surface area contributed by atoms with Crippen LogP contribution < -0.4 is 5.32 Å². The monoisotopic (exact) mass is 251 g/mol. The number of hydrogen-bond donors (Lipinski definition) is 1. The summed E-state index contributed by atoms with van der Waals surface area (Å²) in [5.41, 5.74) is 0. The molecule has 0 radical (unpaired) electrons. The highest BCUT2D eigenvalue weighted by atomic mass is 32.2. The lowest BCUT2D eigenvalue weighted by atomic mass is 10.3. The predicted molar refractivity (Wildman–Crippen MR) is 70.0 cm³/mol. The third-order valence-corrected chi connectivity index (χ3v) is 3.00. The van der Waals surface area contributed by atoms with E-state index in [2.05, 4.69) is 11.6 Å². The number of thioether (sulfide) groups is 1. The summed E-state index contributed by atoms with van der Waals surface area (Å²) in [5, 5.41) is 3.33. The van der Waals surface area contributed by atoms with E-state index in [1.54, 1.807) is 18.0 Å². The average molecular weight is 251 g/mol. The van der Waals surface area contributed by atoms with Gasteiger partial charge in [0.25, 0.3) is 0 Å². The van der Waals surface area contributed by atoms with Gasteiger partial charge in [0.05, 0.1) is 18.6 Å². The van der Waals surface area contributed by atoms with E-state index in [0.29, 0.717) is 0 Å². The molecule has 0 aliphatic carbocycles. The van der Waals surface area contributed by atoms with Gasteiger partial charge in [-0.25, -0.2) is 0 Å². The Balaban J connectivity index is 1.67. The molecular formula is C13H17NO2S. The molecule has 92 valence electrons. The summed E-state index contributed by atoms with van der Waals surface area (Å²) in [6.07, 6.45) is 4.69. The molecule has 0 bridgehead atoms. The molecule has 0 unspecified atom stereocenters. The predicted octanol–water partition coefficient (Wildman–Crippen LogP) is 3.07. The van der Waals surface area contributed by atoms with Gasteiger partial charge in [0, 0.05) is 13.0 Å². The van der Waals surface area contributed by atoms with Gasteiger partial charge in [-0.1, -0.05) is 0 Å².